The molecule has 1 aromatic heterocycles. The molecule has 0 spiro atoms. The Bertz CT molecular complexity index is 1100. The lowest BCUT2D eigenvalue weighted by atomic mass is 10.2. The standard InChI is InChI=1S/C21H20ClFN2O4S.C3H5F3.C2H6/c1-4-20(28)25(14(3)27)17-12-19(15(22)11-16(17)23)30-18-8-5-9-24-21(18)29-10-6-7-13(2)26;1-2-3(4,5)6;1-2/h4-5,8-9,11-12H,1,6-7,10H2,2-3H3;2H2,1H3;1-2H3. The van der Waals surface area contributed by atoms with Gasteiger partial charge in [-0.2, -0.15) is 13.2 Å². The molecule has 2 aromatic rings. The van der Waals surface area contributed by atoms with Gasteiger partial charge >= 0.3 is 6.18 Å². The lowest BCUT2D eigenvalue weighted by Gasteiger charge is -2.19. The van der Waals surface area contributed by atoms with Crippen LogP contribution in [0.1, 0.15) is 53.9 Å². The van der Waals surface area contributed by atoms with Crippen molar-refractivity contribution >= 4 is 46.6 Å². The van der Waals surface area contributed by atoms with Gasteiger partial charge in [0.2, 0.25) is 11.8 Å². The van der Waals surface area contributed by atoms with E-state index in [1.807, 2.05) is 13.8 Å². The number of ketones is 1. The maximum atomic E-state index is 14.5. The fourth-order valence-corrected chi connectivity index (χ4v) is 3.65. The Labute approximate surface area is 229 Å². The van der Waals surface area contributed by atoms with Crippen LogP contribution < -0.4 is 9.64 Å². The quantitative estimate of drug-likeness (QED) is 0.171. The predicted octanol–water partition coefficient (Wildman–Crippen LogP) is 7.82. The van der Waals surface area contributed by atoms with Crippen molar-refractivity contribution in [2.45, 2.75) is 69.8 Å². The molecule has 2 rings (SSSR count). The molecular weight excluding hydrogens is 548 g/mol. The van der Waals surface area contributed by atoms with Crippen LogP contribution in [0.2, 0.25) is 5.02 Å². The molecule has 2 amide bonds. The molecule has 12 heteroatoms. The summed E-state index contributed by atoms with van der Waals surface area (Å²) in [5.74, 6) is -1.83. The normalized spacial score (nSPS) is 10.3. The van der Waals surface area contributed by atoms with Gasteiger partial charge in [0.05, 0.1) is 22.2 Å². The minimum Gasteiger partial charge on any atom is -0.477 e. The zero-order valence-corrected chi connectivity index (χ0v) is 23.4. The van der Waals surface area contributed by atoms with Crippen molar-refractivity contribution in [3.8, 4) is 5.88 Å². The van der Waals surface area contributed by atoms with Crippen molar-refractivity contribution in [2.75, 3.05) is 11.5 Å². The Morgan fingerprint density at radius 2 is 1.79 bits per heavy atom. The first-order valence-electron chi connectivity index (χ1n) is 11.6. The van der Waals surface area contributed by atoms with Gasteiger partial charge in [-0.15, -0.1) is 0 Å². The van der Waals surface area contributed by atoms with Gasteiger partial charge < -0.3 is 9.53 Å². The number of nitrogens with zero attached hydrogens (tertiary/aromatic N) is 2. The number of carbonyl (C=O) groups excluding carboxylic acids is 3. The average molecular weight is 579 g/mol. The Hall–Kier alpha value is -2.92. The molecule has 0 bridgehead atoms. The molecule has 0 aliphatic rings. The molecule has 0 saturated heterocycles. The van der Waals surface area contributed by atoms with Gasteiger partial charge in [-0.1, -0.05) is 50.7 Å². The highest BCUT2D eigenvalue weighted by atomic mass is 35.5. The van der Waals surface area contributed by atoms with Crippen molar-refractivity contribution in [2.24, 2.45) is 0 Å². The minimum absolute atomic E-state index is 0.0731. The van der Waals surface area contributed by atoms with Crippen molar-refractivity contribution in [1.29, 1.82) is 0 Å². The SMILES string of the molecule is C=CC(=O)N(C(C)=O)c1cc(Sc2cccnc2OCCCC(C)=O)c(Cl)cc1F.CC.CCC(F)(F)F. The third kappa shape index (κ3) is 12.6. The van der Waals surface area contributed by atoms with E-state index in [4.69, 9.17) is 16.3 Å². The summed E-state index contributed by atoms with van der Waals surface area (Å²) in [5, 5.41) is 0.0992. The van der Waals surface area contributed by atoms with Crippen LogP contribution >= 0.6 is 23.4 Å². The van der Waals surface area contributed by atoms with Gasteiger partial charge in [0, 0.05) is 30.9 Å². The number of carbonyl (C=O) groups is 3. The molecule has 1 aromatic carbocycles. The van der Waals surface area contributed by atoms with Gasteiger partial charge in [0.1, 0.15) is 11.6 Å². The summed E-state index contributed by atoms with van der Waals surface area (Å²) in [7, 11) is 0. The highest BCUT2D eigenvalue weighted by molar-refractivity contribution is 7.99. The van der Waals surface area contributed by atoms with E-state index in [1.54, 1.807) is 18.3 Å². The molecule has 210 valence electrons. The second kappa shape index (κ2) is 17.6. The summed E-state index contributed by atoms with van der Waals surface area (Å²) in [6.07, 6.45) is -1.25. The number of pyridine rings is 1. The molecule has 1 heterocycles. The fourth-order valence-electron chi connectivity index (χ4n) is 2.47. The first kappa shape index (κ1) is 35.1. The molecule has 0 aliphatic heterocycles. The second-order valence-electron chi connectivity index (χ2n) is 7.16. The van der Waals surface area contributed by atoms with E-state index < -0.39 is 30.2 Å². The Morgan fingerprint density at radius 1 is 1.18 bits per heavy atom. The fraction of sp³-hybridized carbons (Fsp3) is 0.385. The van der Waals surface area contributed by atoms with E-state index in [-0.39, 0.29) is 16.5 Å². The summed E-state index contributed by atoms with van der Waals surface area (Å²) >= 11 is 7.34. The van der Waals surface area contributed by atoms with E-state index in [1.165, 1.54) is 13.0 Å². The number of imide groups is 1. The number of Topliss-reactive ketones (excluding diaryl/α,β-unsaturated/α-hetero) is 1. The monoisotopic (exact) mass is 578 g/mol. The lowest BCUT2D eigenvalue weighted by molar-refractivity contribution is -0.130. The van der Waals surface area contributed by atoms with Crippen molar-refractivity contribution in [3.05, 3.63) is 54.0 Å². The lowest BCUT2D eigenvalue weighted by Crippen LogP contribution is -2.34. The van der Waals surface area contributed by atoms with Crippen LogP contribution in [0, 0.1) is 5.82 Å². The number of ether oxygens (including phenoxy) is 1. The van der Waals surface area contributed by atoms with Gasteiger partial charge in [0.25, 0.3) is 5.91 Å². The summed E-state index contributed by atoms with van der Waals surface area (Å²) in [5.41, 5.74) is -0.230. The van der Waals surface area contributed by atoms with Crippen molar-refractivity contribution in [1.82, 2.24) is 4.98 Å². The molecule has 0 unspecified atom stereocenters. The van der Waals surface area contributed by atoms with Gasteiger partial charge in [0.15, 0.2) is 0 Å². The maximum absolute atomic E-state index is 14.5. The van der Waals surface area contributed by atoms with E-state index >= 15 is 0 Å². The number of benzene rings is 1. The number of halogens is 5. The van der Waals surface area contributed by atoms with Crippen LogP contribution in [0.15, 0.2) is 52.9 Å². The molecule has 0 atom stereocenters. The zero-order chi connectivity index (χ0) is 29.5. The smallest absolute Gasteiger partial charge is 0.388 e. The summed E-state index contributed by atoms with van der Waals surface area (Å²) in [6.45, 7) is 11.4. The Morgan fingerprint density at radius 3 is 2.29 bits per heavy atom. The van der Waals surface area contributed by atoms with Crippen molar-refractivity contribution in [3.63, 3.8) is 0 Å². The molecule has 6 nitrogen and oxygen atoms in total. The number of hydrogen-bond acceptors (Lipinski definition) is 6. The number of hydrogen-bond donors (Lipinski definition) is 0. The summed E-state index contributed by atoms with van der Waals surface area (Å²) in [4.78, 5) is 40.9. The highest BCUT2D eigenvalue weighted by Gasteiger charge is 2.24. The summed E-state index contributed by atoms with van der Waals surface area (Å²) < 4.78 is 52.5. The molecule has 0 fully saturated rings. The number of amides is 2. The summed E-state index contributed by atoms with van der Waals surface area (Å²) in [6, 6.07) is 5.80. The Balaban J connectivity index is 0.00000150. The van der Waals surface area contributed by atoms with E-state index in [0.29, 0.717) is 40.0 Å². The third-order valence-corrected chi connectivity index (χ3v) is 5.73. The van der Waals surface area contributed by atoms with Crippen LogP contribution in [0.3, 0.4) is 0 Å². The van der Waals surface area contributed by atoms with Crippen LogP contribution in [-0.4, -0.2) is 35.4 Å². The molecule has 0 N–H and O–H groups in total. The largest absolute Gasteiger partial charge is 0.477 e. The molecule has 38 heavy (non-hydrogen) atoms. The first-order valence-corrected chi connectivity index (χ1v) is 12.8. The minimum atomic E-state index is -3.96. The maximum Gasteiger partial charge on any atom is 0.388 e. The number of aromatic nitrogens is 1. The van der Waals surface area contributed by atoms with Gasteiger partial charge in [-0.05, 0) is 43.7 Å². The van der Waals surface area contributed by atoms with E-state index in [2.05, 4.69) is 11.6 Å². The number of anilines is 1. The topological polar surface area (TPSA) is 76.6 Å². The van der Waals surface area contributed by atoms with Crippen molar-refractivity contribution < 1.29 is 36.7 Å². The van der Waals surface area contributed by atoms with Gasteiger partial charge in [-0.25, -0.2) is 14.3 Å². The number of alkyl halides is 3. The van der Waals surface area contributed by atoms with Crippen LogP contribution in [0.5, 0.6) is 5.88 Å². The molecule has 0 radical (unpaired) electrons. The molecule has 0 saturated carbocycles. The average Bonchev–Trinajstić information content (AvgIpc) is 2.86. The van der Waals surface area contributed by atoms with Crippen LogP contribution in [0.4, 0.5) is 23.2 Å². The zero-order valence-electron chi connectivity index (χ0n) is 21.8. The predicted molar refractivity (Wildman–Crippen MR) is 141 cm³/mol. The molecule has 0 aliphatic carbocycles. The first-order chi connectivity index (χ1) is 17.8. The van der Waals surface area contributed by atoms with Gasteiger partial charge in [-0.3, -0.25) is 9.59 Å². The van der Waals surface area contributed by atoms with E-state index in [0.717, 1.165) is 37.8 Å². The third-order valence-electron chi connectivity index (χ3n) is 4.22. The van der Waals surface area contributed by atoms with Crippen LogP contribution in [0.25, 0.3) is 0 Å². The number of rotatable bonds is 9. The Kier molecular flexibility index (Phi) is 16.2. The molecular formula is C26H31ClF4N2O4S. The van der Waals surface area contributed by atoms with E-state index in [9.17, 15) is 31.9 Å². The van der Waals surface area contributed by atoms with Crippen LogP contribution in [-0.2, 0) is 14.4 Å². The highest BCUT2D eigenvalue weighted by Crippen LogP contribution is 2.40. The second-order valence-corrected chi connectivity index (χ2v) is 8.65.